The second-order valence-corrected chi connectivity index (χ2v) is 10.7. The van der Waals surface area contributed by atoms with Crippen molar-refractivity contribution in [1.82, 2.24) is 9.78 Å². The van der Waals surface area contributed by atoms with Crippen molar-refractivity contribution in [3.63, 3.8) is 0 Å². The van der Waals surface area contributed by atoms with E-state index in [4.69, 9.17) is 16.3 Å². The molecular formula is C26H27ClN2O2S. The summed E-state index contributed by atoms with van der Waals surface area (Å²) in [6.07, 6.45) is 0. The molecule has 0 radical (unpaired) electrons. The molecule has 4 rings (SSSR count). The summed E-state index contributed by atoms with van der Waals surface area (Å²) in [5, 5.41) is 6.26. The first-order valence-corrected chi connectivity index (χ1v) is 11.8. The third-order valence-electron chi connectivity index (χ3n) is 5.73. The van der Waals surface area contributed by atoms with E-state index in [9.17, 15) is 4.79 Å². The van der Waals surface area contributed by atoms with Gasteiger partial charge in [0, 0.05) is 10.4 Å². The predicted molar refractivity (Wildman–Crippen MR) is 132 cm³/mol. The van der Waals surface area contributed by atoms with Crippen LogP contribution in [0.2, 0.25) is 5.02 Å². The monoisotopic (exact) mass is 466 g/mol. The summed E-state index contributed by atoms with van der Waals surface area (Å²) >= 11 is 7.41. The van der Waals surface area contributed by atoms with Crippen molar-refractivity contribution in [3.8, 4) is 5.69 Å². The SMILES string of the molecule is Cc1cc(C(C)(C)C)cc(C)c1COC(=O)c1cc2c(C)nn(-c3ccc(Cl)cc3)c2s1. The van der Waals surface area contributed by atoms with Crippen LogP contribution in [0.5, 0.6) is 0 Å². The number of hydrogen-bond donors (Lipinski definition) is 0. The topological polar surface area (TPSA) is 44.1 Å². The second-order valence-electron chi connectivity index (χ2n) is 9.22. The molecule has 166 valence electrons. The maximum atomic E-state index is 12.9. The molecule has 0 aliphatic carbocycles. The third kappa shape index (κ3) is 4.32. The van der Waals surface area contributed by atoms with E-state index < -0.39 is 0 Å². The van der Waals surface area contributed by atoms with Crippen LogP contribution in [0.4, 0.5) is 0 Å². The van der Waals surface area contributed by atoms with E-state index in [1.807, 2.05) is 41.9 Å². The lowest BCUT2D eigenvalue weighted by Gasteiger charge is -2.22. The van der Waals surface area contributed by atoms with Crippen molar-refractivity contribution >= 4 is 39.1 Å². The van der Waals surface area contributed by atoms with Gasteiger partial charge in [0.2, 0.25) is 0 Å². The fourth-order valence-electron chi connectivity index (χ4n) is 3.77. The first-order valence-electron chi connectivity index (χ1n) is 10.6. The Morgan fingerprint density at radius 3 is 2.28 bits per heavy atom. The van der Waals surface area contributed by atoms with Crippen molar-refractivity contribution in [2.75, 3.05) is 0 Å². The lowest BCUT2D eigenvalue weighted by molar-refractivity contribution is 0.0477. The number of aryl methyl sites for hydroxylation is 3. The minimum Gasteiger partial charge on any atom is -0.457 e. The quantitative estimate of drug-likeness (QED) is 0.296. The molecule has 2 aromatic carbocycles. The number of halogens is 1. The highest BCUT2D eigenvalue weighted by Gasteiger charge is 2.20. The molecule has 0 N–H and O–H groups in total. The normalized spacial score (nSPS) is 11.8. The molecule has 32 heavy (non-hydrogen) atoms. The van der Waals surface area contributed by atoms with Crippen LogP contribution >= 0.6 is 22.9 Å². The Kier molecular flexibility index (Phi) is 5.91. The van der Waals surface area contributed by atoms with Gasteiger partial charge in [-0.05, 0) is 78.8 Å². The number of carbonyl (C=O) groups excluding carboxylic acids is 1. The van der Waals surface area contributed by atoms with Gasteiger partial charge in [-0.15, -0.1) is 11.3 Å². The summed E-state index contributed by atoms with van der Waals surface area (Å²) in [6.45, 7) is 13.0. The lowest BCUT2D eigenvalue weighted by Crippen LogP contribution is -2.13. The van der Waals surface area contributed by atoms with Crippen LogP contribution in [0.3, 0.4) is 0 Å². The molecular weight excluding hydrogens is 440 g/mol. The summed E-state index contributed by atoms with van der Waals surface area (Å²) in [5.41, 5.74) is 6.50. The third-order valence-corrected chi connectivity index (χ3v) is 7.07. The van der Waals surface area contributed by atoms with Crippen LogP contribution in [0.25, 0.3) is 15.9 Å². The summed E-state index contributed by atoms with van der Waals surface area (Å²) in [7, 11) is 0. The van der Waals surface area contributed by atoms with Crippen molar-refractivity contribution in [1.29, 1.82) is 0 Å². The van der Waals surface area contributed by atoms with Crippen molar-refractivity contribution < 1.29 is 9.53 Å². The number of thiophene rings is 1. The van der Waals surface area contributed by atoms with Gasteiger partial charge >= 0.3 is 5.97 Å². The number of aromatic nitrogens is 2. The number of hydrogen-bond acceptors (Lipinski definition) is 4. The smallest absolute Gasteiger partial charge is 0.348 e. The number of nitrogens with zero attached hydrogens (tertiary/aromatic N) is 2. The average molecular weight is 467 g/mol. The number of benzene rings is 2. The van der Waals surface area contributed by atoms with Crippen LogP contribution in [0.1, 0.15) is 58.4 Å². The molecule has 2 heterocycles. The molecule has 0 saturated heterocycles. The van der Waals surface area contributed by atoms with E-state index in [2.05, 4.69) is 51.9 Å². The highest BCUT2D eigenvalue weighted by atomic mass is 35.5. The fraction of sp³-hybridized carbons (Fsp3) is 0.308. The maximum absolute atomic E-state index is 12.9. The minimum absolute atomic E-state index is 0.0810. The van der Waals surface area contributed by atoms with Gasteiger partial charge in [-0.3, -0.25) is 0 Å². The number of rotatable bonds is 4. The zero-order chi connectivity index (χ0) is 23.2. The molecule has 2 aromatic heterocycles. The number of carbonyl (C=O) groups is 1. The number of esters is 1. The van der Waals surface area contributed by atoms with Crippen molar-refractivity contribution in [2.24, 2.45) is 0 Å². The van der Waals surface area contributed by atoms with E-state index in [1.54, 1.807) is 0 Å². The van der Waals surface area contributed by atoms with Gasteiger partial charge < -0.3 is 4.74 Å². The van der Waals surface area contributed by atoms with Gasteiger partial charge in [0.15, 0.2) is 0 Å². The Balaban J connectivity index is 1.58. The van der Waals surface area contributed by atoms with Crippen LogP contribution in [-0.4, -0.2) is 15.7 Å². The zero-order valence-corrected chi connectivity index (χ0v) is 20.8. The molecule has 4 aromatic rings. The second kappa shape index (κ2) is 8.38. The average Bonchev–Trinajstić information content (AvgIpc) is 3.28. The summed E-state index contributed by atoms with van der Waals surface area (Å²) in [6, 6.07) is 13.8. The summed E-state index contributed by atoms with van der Waals surface area (Å²) in [4.78, 5) is 14.4. The molecule has 0 aliphatic rings. The largest absolute Gasteiger partial charge is 0.457 e. The van der Waals surface area contributed by atoms with E-state index in [-0.39, 0.29) is 18.0 Å². The van der Waals surface area contributed by atoms with Crippen LogP contribution < -0.4 is 0 Å². The molecule has 0 bridgehead atoms. The van der Waals surface area contributed by atoms with Crippen LogP contribution in [0.15, 0.2) is 42.5 Å². The Morgan fingerprint density at radius 1 is 1.06 bits per heavy atom. The highest BCUT2D eigenvalue weighted by molar-refractivity contribution is 7.20. The zero-order valence-electron chi connectivity index (χ0n) is 19.2. The van der Waals surface area contributed by atoms with Gasteiger partial charge in [-0.2, -0.15) is 5.10 Å². The number of ether oxygens (including phenoxy) is 1. The van der Waals surface area contributed by atoms with Crippen LogP contribution in [-0.2, 0) is 16.8 Å². The molecule has 0 unspecified atom stereocenters. The molecule has 0 saturated carbocycles. The van der Waals surface area contributed by atoms with Gasteiger partial charge in [0.05, 0.1) is 11.4 Å². The first-order chi connectivity index (χ1) is 15.0. The lowest BCUT2D eigenvalue weighted by atomic mass is 9.84. The molecule has 0 fully saturated rings. The fourth-order valence-corrected chi connectivity index (χ4v) is 4.97. The van der Waals surface area contributed by atoms with Crippen molar-refractivity contribution in [3.05, 3.63) is 80.3 Å². The highest BCUT2D eigenvalue weighted by Crippen LogP contribution is 2.32. The van der Waals surface area contributed by atoms with E-state index >= 15 is 0 Å². The number of fused-ring (bicyclic) bond motifs is 1. The molecule has 0 atom stereocenters. The van der Waals surface area contributed by atoms with Gasteiger partial charge in [0.1, 0.15) is 16.3 Å². The van der Waals surface area contributed by atoms with Gasteiger partial charge in [0.25, 0.3) is 0 Å². The van der Waals surface area contributed by atoms with Crippen LogP contribution in [0, 0.1) is 20.8 Å². The van der Waals surface area contributed by atoms with Crippen molar-refractivity contribution in [2.45, 2.75) is 53.6 Å². The first kappa shape index (κ1) is 22.6. The Labute approximate surface area is 197 Å². The summed E-state index contributed by atoms with van der Waals surface area (Å²) in [5.74, 6) is -0.313. The molecule has 0 aliphatic heterocycles. The molecule has 0 spiro atoms. The maximum Gasteiger partial charge on any atom is 0.348 e. The molecule has 0 amide bonds. The molecule has 6 heteroatoms. The Morgan fingerprint density at radius 2 is 1.69 bits per heavy atom. The predicted octanol–water partition coefficient (Wildman–Crippen LogP) is 7.32. The molecule has 4 nitrogen and oxygen atoms in total. The van der Waals surface area contributed by atoms with Gasteiger partial charge in [-0.1, -0.05) is 44.5 Å². The van der Waals surface area contributed by atoms with E-state index in [1.165, 1.54) is 16.9 Å². The van der Waals surface area contributed by atoms with E-state index in [0.29, 0.717) is 9.90 Å². The Hall–Kier alpha value is -2.63. The van der Waals surface area contributed by atoms with E-state index in [0.717, 1.165) is 38.3 Å². The van der Waals surface area contributed by atoms with Gasteiger partial charge in [-0.25, -0.2) is 9.48 Å². The minimum atomic E-state index is -0.313. The Bertz CT molecular complexity index is 1290. The standard InChI is InChI=1S/C26H27ClN2O2S/c1-15-11-18(26(4,5)6)12-16(2)22(15)14-31-25(30)23-13-21-17(3)28-29(24(21)32-23)20-9-7-19(27)8-10-20/h7-13H,14H2,1-6H3. The summed E-state index contributed by atoms with van der Waals surface area (Å²) < 4.78 is 7.57.